The molecular formula is C16H14F3N3O3. The molecular weight excluding hydrogens is 339 g/mol. The Labute approximate surface area is 140 Å². The van der Waals surface area contributed by atoms with Gasteiger partial charge in [0.15, 0.2) is 5.69 Å². The van der Waals surface area contributed by atoms with Crippen molar-refractivity contribution in [3.63, 3.8) is 0 Å². The number of fused-ring (bicyclic) bond motifs is 1. The van der Waals surface area contributed by atoms with Gasteiger partial charge >= 0.3 is 6.18 Å². The van der Waals surface area contributed by atoms with E-state index < -0.39 is 17.8 Å². The van der Waals surface area contributed by atoms with E-state index in [4.69, 9.17) is 0 Å². The first-order valence-electron chi connectivity index (χ1n) is 7.43. The second kappa shape index (κ2) is 6.23. The molecule has 1 N–H and O–H groups in total. The molecule has 0 fully saturated rings. The predicted molar refractivity (Wildman–Crippen MR) is 81.6 cm³/mol. The number of carbonyl (C=O) groups excluding carboxylic acids is 2. The third kappa shape index (κ3) is 3.21. The van der Waals surface area contributed by atoms with Gasteiger partial charge in [-0.15, -0.1) is 0 Å². The molecule has 2 aromatic rings. The molecule has 0 bridgehead atoms. The lowest BCUT2D eigenvalue weighted by atomic mass is 9.95. The molecule has 2 heterocycles. The Hall–Kier alpha value is -2.84. The van der Waals surface area contributed by atoms with Gasteiger partial charge in [-0.05, 0) is 30.2 Å². The summed E-state index contributed by atoms with van der Waals surface area (Å²) < 4.78 is 44.3. The Morgan fingerprint density at radius 2 is 2.12 bits per heavy atom. The summed E-state index contributed by atoms with van der Waals surface area (Å²) in [5.41, 5.74) is 1.09. The topological polar surface area (TPSA) is 73.2 Å². The molecule has 0 saturated carbocycles. The molecule has 1 aliphatic heterocycles. The molecule has 0 spiro atoms. The van der Waals surface area contributed by atoms with Crippen molar-refractivity contribution in [2.75, 3.05) is 11.9 Å². The van der Waals surface area contributed by atoms with Gasteiger partial charge in [-0.3, -0.25) is 14.3 Å². The van der Waals surface area contributed by atoms with E-state index in [9.17, 15) is 22.8 Å². The predicted octanol–water partition coefficient (Wildman–Crippen LogP) is 2.70. The number of hydrogen-bond donors (Lipinski definition) is 1. The minimum atomic E-state index is -4.53. The van der Waals surface area contributed by atoms with Crippen molar-refractivity contribution in [2.24, 2.45) is 7.05 Å². The Morgan fingerprint density at radius 1 is 1.36 bits per heavy atom. The Bertz CT molecular complexity index is 830. The zero-order valence-corrected chi connectivity index (χ0v) is 13.1. The number of ether oxygens (including phenoxy) is 1. The molecule has 0 saturated heterocycles. The maximum absolute atomic E-state index is 12.8. The number of hydrogen-bond acceptors (Lipinski definition) is 4. The van der Waals surface area contributed by atoms with Crippen LogP contribution in [0.1, 0.15) is 23.6 Å². The van der Waals surface area contributed by atoms with Gasteiger partial charge in [-0.1, -0.05) is 6.07 Å². The van der Waals surface area contributed by atoms with Crippen LogP contribution in [-0.2, 0) is 27.5 Å². The second-order valence-corrected chi connectivity index (χ2v) is 5.64. The third-order valence-electron chi connectivity index (χ3n) is 4.06. The fourth-order valence-electron chi connectivity index (χ4n) is 2.88. The lowest BCUT2D eigenvalue weighted by molar-refractivity contribution is -0.141. The zero-order chi connectivity index (χ0) is 18.2. The molecule has 1 atom stereocenters. The van der Waals surface area contributed by atoms with Crippen LogP contribution in [0, 0.1) is 0 Å². The van der Waals surface area contributed by atoms with E-state index in [1.165, 1.54) is 7.05 Å². The number of amides is 1. The van der Waals surface area contributed by atoms with Gasteiger partial charge in [0.05, 0.1) is 18.2 Å². The van der Waals surface area contributed by atoms with Crippen LogP contribution < -0.4 is 5.32 Å². The van der Waals surface area contributed by atoms with Crippen LogP contribution in [0.25, 0.3) is 11.3 Å². The van der Waals surface area contributed by atoms with Crippen molar-refractivity contribution in [1.29, 1.82) is 0 Å². The van der Waals surface area contributed by atoms with Gasteiger partial charge in [0.1, 0.15) is 0 Å². The first-order valence-corrected chi connectivity index (χ1v) is 7.43. The first-order chi connectivity index (χ1) is 11.8. The van der Waals surface area contributed by atoms with Crippen LogP contribution in [0.2, 0.25) is 0 Å². The number of rotatable bonds is 5. The van der Waals surface area contributed by atoms with E-state index in [1.807, 2.05) is 0 Å². The molecule has 6 nitrogen and oxygen atoms in total. The van der Waals surface area contributed by atoms with Crippen LogP contribution in [0.4, 0.5) is 18.9 Å². The minimum Gasteiger partial charge on any atom is -0.468 e. The Kier molecular flexibility index (Phi) is 4.23. The van der Waals surface area contributed by atoms with Crippen molar-refractivity contribution in [3.8, 4) is 11.3 Å². The summed E-state index contributed by atoms with van der Waals surface area (Å²) in [7, 11) is 1.43. The van der Waals surface area contributed by atoms with E-state index in [-0.39, 0.29) is 18.2 Å². The molecule has 3 rings (SSSR count). The number of carbonyl (C=O) groups is 2. The van der Waals surface area contributed by atoms with Crippen molar-refractivity contribution in [1.82, 2.24) is 9.78 Å². The summed E-state index contributed by atoms with van der Waals surface area (Å²) >= 11 is 0. The number of aryl methyl sites for hydroxylation is 1. The molecule has 1 unspecified atom stereocenters. The highest BCUT2D eigenvalue weighted by atomic mass is 19.4. The Morgan fingerprint density at radius 3 is 2.76 bits per heavy atom. The third-order valence-corrected chi connectivity index (χ3v) is 4.06. The molecule has 0 radical (unpaired) electrons. The van der Waals surface area contributed by atoms with Crippen LogP contribution in [0.5, 0.6) is 0 Å². The summed E-state index contributed by atoms with van der Waals surface area (Å²) in [6.45, 7) is 0.383. The highest BCUT2D eigenvalue weighted by Gasteiger charge is 2.35. The summed E-state index contributed by atoms with van der Waals surface area (Å²) in [4.78, 5) is 22.3. The molecule has 1 aromatic heterocycles. The van der Waals surface area contributed by atoms with Gasteiger partial charge < -0.3 is 10.1 Å². The number of nitrogens with one attached hydrogen (secondary N) is 1. The van der Waals surface area contributed by atoms with Crippen molar-refractivity contribution < 1.29 is 27.5 Å². The number of halogens is 3. The minimum absolute atomic E-state index is 0.0786. The average Bonchev–Trinajstić information content (AvgIpc) is 3.07. The van der Waals surface area contributed by atoms with Crippen molar-refractivity contribution in [3.05, 3.63) is 35.5 Å². The molecule has 1 aromatic carbocycles. The smallest absolute Gasteiger partial charge is 0.435 e. The second-order valence-electron chi connectivity index (χ2n) is 5.64. The van der Waals surface area contributed by atoms with E-state index in [0.717, 1.165) is 10.7 Å². The normalized spacial score (nSPS) is 16.5. The van der Waals surface area contributed by atoms with Crippen molar-refractivity contribution in [2.45, 2.75) is 18.5 Å². The number of aromatic nitrogens is 2. The molecule has 132 valence electrons. The number of benzene rings is 1. The van der Waals surface area contributed by atoms with Gasteiger partial charge in [0, 0.05) is 18.3 Å². The van der Waals surface area contributed by atoms with Gasteiger partial charge in [-0.2, -0.15) is 18.3 Å². The fourth-order valence-corrected chi connectivity index (χ4v) is 2.88. The highest BCUT2D eigenvalue weighted by Crippen LogP contribution is 2.38. The molecule has 1 aliphatic rings. The summed E-state index contributed by atoms with van der Waals surface area (Å²) in [5.74, 6) is -0.757. The SMILES string of the molecule is Cn1nc(C(F)(F)F)cc1-c1ccc2c(c1)C(CCOC=O)C(=O)N2. The maximum atomic E-state index is 12.8. The lowest BCUT2D eigenvalue weighted by Gasteiger charge is -2.09. The molecule has 0 aliphatic carbocycles. The standard InChI is InChI=1S/C16H14F3N3O3/c1-22-13(7-14(21-22)16(17,18)19)9-2-3-12-11(6-9)10(15(24)20-12)4-5-25-8-23/h2-3,6-8,10H,4-5H2,1H3,(H,20,24). The lowest BCUT2D eigenvalue weighted by Crippen LogP contribution is -2.13. The molecule has 25 heavy (non-hydrogen) atoms. The van der Waals surface area contributed by atoms with E-state index in [2.05, 4.69) is 15.2 Å². The fraction of sp³-hybridized carbons (Fsp3) is 0.312. The Balaban J connectivity index is 1.95. The quantitative estimate of drug-likeness (QED) is 0.663. The van der Waals surface area contributed by atoms with Crippen molar-refractivity contribution >= 4 is 18.1 Å². The zero-order valence-electron chi connectivity index (χ0n) is 13.1. The van der Waals surface area contributed by atoms with Crippen LogP contribution >= 0.6 is 0 Å². The van der Waals surface area contributed by atoms with Gasteiger partial charge in [0.2, 0.25) is 5.91 Å². The van der Waals surface area contributed by atoms with E-state index in [0.29, 0.717) is 29.7 Å². The van der Waals surface area contributed by atoms with Crippen LogP contribution in [0.3, 0.4) is 0 Å². The average molecular weight is 353 g/mol. The largest absolute Gasteiger partial charge is 0.468 e. The summed E-state index contributed by atoms with van der Waals surface area (Å²) in [6, 6.07) is 5.90. The van der Waals surface area contributed by atoms with Crippen LogP contribution in [0.15, 0.2) is 24.3 Å². The van der Waals surface area contributed by atoms with E-state index in [1.54, 1.807) is 18.2 Å². The maximum Gasteiger partial charge on any atom is 0.435 e. The first kappa shape index (κ1) is 17.0. The molecule has 9 heteroatoms. The summed E-state index contributed by atoms with van der Waals surface area (Å²) in [5, 5.41) is 6.21. The monoisotopic (exact) mass is 353 g/mol. The van der Waals surface area contributed by atoms with E-state index >= 15 is 0 Å². The molecule has 1 amide bonds. The van der Waals surface area contributed by atoms with Gasteiger partial charge in [0.25, 0.3) is 6.47 Å². The summed E-state index contributed by atoms with van der Waals surface area (Å²) in [6.07, 6.45) is -4.24. The highest BCUT2D eigenvalue weighted by molar-refractivity contribution is 6.03. The van der Waals surface area contributed by atoms with Gasteiger partial charge in [-0.25, -0.2) is 0 Å². The van der Waals surface area contributed by atoms with Crippen LogP contribution in [-0.4, -0.2) is 28.8 Å². The number of alkyl halides is 3. The number of anilines is 1. The number of nitrogens with zero attached hydrogens (tertiary/aromatic N) is 2.